The lowest BCUT2D eigenvalue weighted by molar-refractivity contribution is 0.421. The molecule has 0 bridgehead atoms. The Morgan fingerprint density at radius 3 is 2.23 bits per heavy atom. The Balaban J connectivity index is 2.51. The van der Waals surface area contributed by atoms with Crippen LogP contribution in [0.4, 0.5) is 0 Å². The lowest BCUT2D eigenvalue weighted by atomic mass is 9.92. The first-order chi connectivity index (χ1) is 6.08. The summed E-state index contributed by atoms with van der Waals surface area (Å²) in [7, 11) is 0. The maximum atomic E-state index is 2.25. The molecule has 0 unspecified atom stereocenters. The molecule has 0 fully saturated rings. The molecule has 0 nitrogen and oxygen atoms in total. The molecule has 0 spiro atoms. The van der Waals surface area contributed by atoms with E-state index in [4.69, 9.17) is 0 Å². The summed E-state index contributed by atoms with van der Waals surface area (Å²) < 4.78 is 0. The Morgan fingerprint density at radius 2 is 1.69 bits per heavy atom. The van der Waals surface area contributed by atoms with Gasteiger partial charge < -0.3 is 0 Å². The second-order valence-corrected chi connectivity index (χ2v) is 4.58. The van der Waals surface area contributed by atoms with Gasteiger partial charge in [-0.1, -0.05) is 63.3 Å². The fourth-order valence-corrected chi connectivity index (χ4v) is 1.11. The number of allylic oxidation sites excluding steroid dienone is 1. The van der Waals surface area contributed by atoms with Gasteiger partial charge in [0.2, 0.25) is 0 Å². The van der Waals surface area contributed by atoms with Crippen molar-refractivity contribution in [1.82, 2.24) is 0 Å². The number of hydrogen-bond donors (Lipinski definition) is 0. The first-order valence-electron chi connectivity index (χ1n) is 4.79. The molecule has 70 valence electrons. The highest BCUT2D eigenvalue weighted by Gasteiger charge is 2.05. The van der Waals surface area contributed by atoms with Crippen molar-refractivity contribution in [3.05, 3.63) is 42.0 Å². The molecule has 1 aromatic rings. The molecule has 0 heterocycles. The third-order valence-corrected chi connectivity index (χ3v) is 1.84. The van der Waals surface area contributed by atoms with Crippen LogP contribution < -0.4 is 0 Å². The molecule has 1 aromatic carbocycles. The highest BCUT2D eigenvalue weighted by atomic mass is 14.1. The van der Waals surface area contributed by atoms with Crippen LogP contribution in [-0.4, -0.2) is 0 Å². The third-order valence-electron chi connectivity index (χ3n) is 1.84. The smallest absolute Gasteiger partial charge is 0.0260 e. The number of hydrogen-bond acceptors (Lipinski definition) is 0. The summed E-state index contributed by atoms with van der Waals surface area (Å²) in [5, 5.41) is 0. The van der Waals surface area contributed by atoms with Gasteiger partial charge in [0.1, 0.15) is 0 Å². The van der Waals surface area contributed by atoms with Gasteiger partial charge in [-0.05, 0) is 17.4 Å². The first-order valence-corrected chi connectivity index (χ1v) is 4.79. The minimum Gasteiger partial charge on any atom is -0.0834 e. The van der Waals surface area contributed by atoms with E-state index in [0.29, 0.717) is 5.41 Å². The number of benzene rings is 1. The van der Waals surface area contributed by atoms with E-state index in [0.717, 1.165) is 6.42 Å². The zero-order valence-electron chi connectivity index (χ0n) is 8.75. The van der Waals surface area contributed by atoms with Crippen molar-refractivity contribution < 1.29 is 0 Å². The van der Waals surface area contributed by atoms with Gasteiger partial charge in [-0.3, -0.25) is 0 Å². The maximum absolute atomic E-state index is 2.25. The Morgan fingerprint density at radius 1 is 1.08 bits per heavy atom. The zero-order chi connectivity index (χ0) is 9.73. The van der Waals surface area contributed by atoms with Crippen molar-refractivity contribution in [2.75, 3.05) is 0 Å². The normalized spacial score (nSPS) is 12.2. The molecule has 0 aliphatic carbocycles. The van der Waals surface area contributed by atoms with Crippen molar-refractivity contribution in [2.24, 2.45) is 5.41 Å². The zero-order valence-corrected chi connectivity index (χ0v) is 8.75. The first kappa shape index (κ1) is 10.0. The summed E-state index contributed by atoms with van der Waals surface area (Å²) in [5.41, 5.74) is 1.68. The van der Waals surface area contributed by atoms with Gasteiger partial charge in [0.15, 0.2) is 0 Å². The topological polar surface area (TPSA) is 0 Å². The van der Waals surface area contributed by atoms with Gasteiger partial charge >= 0.3 is 0 Å². The van der Waals surface area contributed by atoms with E-state index in [-0.39, 0.29) is 0 Å². The predicted octanol–water partition coefficient (Wildman–Crippen LogP) is 4.14. The van der Waals surface area contributed by atoms with E-state index in [2.05, 4.69) is 57.2 Å². The molecule has 0 heteroatoms. The Kier molecular flexibility index (Phi) is 3.30. The van der Waals surface area contributed by atoms with Crippen LogP contribution in [0.3, 0.4) is 0 Å². The average molecular weight is 174 g/mol. The van der Waals surface area contributed by atoms with Crippen LogP contribution in [0, 0.1) is 5.41 Å². The van der Waals surface area contributed by atoms with E-state index >= 15 is 0 Å². The van der Waals surface area contributed by atoms with Crippen molar-refractivity contribution >= 4 is 6.08 Å². The molecule has 0 aliphatic heterocycles. The summed E-state index contributed by atoms with van der Waals surface area (Å²) in [6.07, 6.45) is 5.56. The van der Waals surface area contributed by atoms with Crippen LogP contribution in [0.1, 0.15) is 32.8 Å². The SMILES string of the molecule is CC(C)(C)CC=Cc1ccccc1. The van der Waals surface area contributed by atoms with E-state index in [1.54, 1.807) is 0 Å². The molecule has 0 saturated heterocycles. The molecule has 0 aliphatic rings. The van der Waals surface area contributed by atoms with Crippen LogP contribution in [0.5, 0.6) is 0 Å². The van der Waals surface area contributed by atoms with Crippen LogP contribution in [0.25, 0.3) is 6.08 Å². The molecule has 13 heavy (non-hydrogen) atoms. The van der Waals surface area contributed by atoms with Gasteiger partial charge in [0.05, 0.1) is 0 Å². The molecule has 0 aromatic heterocycles. The third kappa shape index (κ3) is 4.51. The summed E-state index contributed by atoms with van der Waals surface area (Å²) in [4.78, 5) is 0. The standard InChI is InChI=1S/C13H18/c1-13(2,3)11-7-10-12-8-5-4-6-9-12/h4-10H,11H2,1-3H3. The maximum Gasteiger partial charge on any atom is -0.0260 e. The summed E-state index contributed by atoms with van der Waals surface area (Å²) in [6.45, 7) is 6.76. The van der Waals surface area contributed by atoms with Crippen molar-refractivity contribution in [3.63, 3.8) is 0 Å². The largest absolute Gasteiger partial charge is 0.0834 e. The monoisotopic (exact) mass is 174 g/mol. The molecular weight excluding hydrogens is 156 g/mol. The van der Waals surface area contributed by atoms with Crippen LogP contribution in [0.2, 0.25) is 0 Å². The molecule has 0 N–H and O–H groups in total. The highest BCUT2D eigenvalue weighted by Crippen LogP contribution is 2.19. The molecule has 0 amide bonds. The Bertz CT molecular complexity index is 262. The molecule has 0 saturated carbocycles. The van der Waals surface area contributed by atoms with E-state index in [9.17, 15) is 0 Å². The van der Waals surface area contributed by atoms with Crippen molar-refractivity contribution in [1.29, 1.82) is 0 Å². The molecule has 0 radical (unpaired) electrons. The van der Waals surface area contributed by atoms with Crippen molar-refractivity contribution in [2.45, 2.75) is 27.2 Å². The van der Waals surface area contributed by atoms with Gasteiger partial charge in [-0.15, -0.1) is 0 Å². The second-order valence-electron chi connectivity index (χ2n) is 4.58. The van der Waals surface area contributed by atoms with Gasteiger partial charge in [0.25, 0.3) is 0 Å². The molecular formula is C13H18. The highest BCUT2D eigenvalue weighted by molar-refractivity contribution is 5.48. The quantitative estimate of drug-likeness (QED) is 0.632. The fourth-order valence-electron chi connectivity index (χ4n) is 1.11. The summed E-state index contributed by atoms with van der Waals surface area (Å²) in [6, 6.07) is 10.4. The predicted molar refractivity (Wildman–Crippen MR) is 59.5 cm³/mol. The molecule has 1 rings (SSSR count). The lowest BCUT2D eigenvalue weighted by Gasteiger charge is -2.14. The van der Waals surface area contributed by atoms with Crippen LogP contribution >= 0.6 is 0 Å². The minimum atomic E-state index is 0.394. The summed E-state index contributed by atoms with van der Waals surface area (Å²) >= 11 is 0. The van der Waals surface area contributed by atoms with Crippen LogP contribution in [-0.2, 0) is 0 Å². The van der Waals surface area contributed by atoms with Crippen LogP contribution in [0.15, 0.2) is 36.4 Å². The fraction of sp³-hybridized carbons (Fsp3) is 0.385. The Hall–Kier alpha value is -1.04. The second kappa shape index (κ2) is 4.27. The Labute approximate surface area is 81.3 Å². The molecule has 0 atom stereocenters. The van der Waals surface area contributed by atoms with Gasteiger partial charge in [-0.25, -0.2) is 0 Å². The average Bonchev–Trinajstić information content (AvgIpc) is 2.04. The summed E-state index contributed by atoms with van der Waals surface area (Å²) in [5.74, 6) is 0. The van der Waals surface area contributed by atoms with Gasteiger partial charge in [-0.2, -0.15) is 0 Å². The van der Waals surface area contributed by atoms with E-state index < -0.39 is 0 Å². The van der Waals surface area contributed by atoms with Gasteiger partial charge in [0, 0.05) is 0 Å². The van der Waals surface area contributed by atoms with E-state index in [1.807, 2.05) is 6.07 Å². The van der Waals surface area contributed by atoms with Crippen molar-refractivity contribution in [3.8, 4) is 0 Å². The van der Waals surface area contributed by atoms with E-state index in [1.165, 1.54) is 5.56 Å². The lowest BCUT2D eigenvalue weighted by Crippen LogP contribution is -2.01. The minimum absolute atomic E-state index is 0.394. The number of rotatable bonds is 2.